The van der Waals surface area contributed by atoms with Crippen LogP contribution in [0.2, 0.25) is 0 Å². The highest BCUT2D eigenvalue weighted by molar-refractivity contribution is 5.76. The first-order valence-corrected chi connectivity index (χ1v) is 7.40. The van der Waals surface area contributed by atoms with Crippen molar-refractivity contribution < 1.29 is 4.79 Å². The van der Waals surface area contributed by atoms with Gasteiger partial charge in [0.2, 0.25) is 5.91 Å². The molecule has 0 aliphatic carbocycles. The van der Waals surface area contributed by atoms with E-state index in [-0.39, 0.29) is 24.1 Å². The first-order valence-electron chi connectivity index (χ1n) is 7.40. The first-order chi connectivity index (χ1) is 10.5. The fraction of sp³-hybridized carbons (Fsp3) is 0.467. The van der Waals surface area contributed by atoms with Crippen molar-refractivity contribution in [3.8, 4) is 0 Å². The monoisotopic (exact) mass is 301 g/mol. The molecule has 1 aliphatic heterocycles. The fourth-order valence-electron chi connectivity index (χ4n) is 2.83. The summed E-state index contributed by atoms with van der Waals surface area (Å²) in [6.07, 6.45) is 3.59. The summed E-state index contributed by atoms with van der Waals surface area (Å²) < 4.78 is 1.22. The van der Waals surface area contributed by atoms with Crippen LogP contribution in [0, 0.1) is 13.8 Å². The number of carbonyl (C=O) groups is 1. The second-order valence-corrected chi connectivity index (χ2v) is 5.67. The van der Waals surface area contributed by atoms with Crippen LogP contribution in [0.5, 0.6) is 0 Å². The van der Waals surface area contributed by atoms with Crippen molar-refractivity contribution in [3.05, 3.63) is 45.9 Å². The number of rotatable bonds is 3. The quantitative estimate of drug-likeness (QED) is 0.914. The molecule has 1 aliphatic rings. The zero-order valence-electron chi connectivity index (χ0n) is 12.7. The molecule has 1 N–H and O–H groups in total. The SMILES string of the molecule is Cc1ccc(=O)n(CC(=O)N2CCCC2c2ncc(C)[nH]2)n1. The topological polar surface area (TPSA) is 83.9 Å². The number of likely N-dealkylation sites (tertiary alicyclic amines) is 1. The molecule has 1 amide bonds. The van der Waals surface area contributed by atoms with Crippen LogP contribution in [0.15, 0.2) is 23.1 Å². The van der Waals surface area contributed by atoms with Gasteiger partial charge in [-0.2, -0.15) is 5.10 Å². The summed E-state index contributed by atoms with van der Waals surface area (Å²) in [5, 5.41) is 4.12. The maximum atomic E-state index is 12.6. The number of nitrogens with one attached hydrogen (secondary N) is 1. The number of hydrogen-bond acceptors (Lipinski definition) is 4. The molecule has 2 aromatic heterocycles. The molecule has 0 spiro atoms. The molecule has 0 saturated carbocycles. The third-order valence-corrected chi connectivity index (χ3v) is 3.90. The lowest BCUT2D eigenvalue weighted by Crippen LogP contribution is -2.37. The lowest BCUT2D eigenvalue weighted by molar-refractivity contribution is -0.133. The van der Waals surface area contributed by atoms with Crippen LogP contribution in [0.4, 0.5) is 0 Å². The maximum absolute atomic E-state index is 12.6. The van der Waals surface area contributed by atoms with E-state index < -0.39 is 0 Å². The van der Waals surface area contributed by atoms with Crippen LogP contribution in [0.3, 0.4) is 0 Å². The van der Waals surface area contributed by atoms with Crippen LogP contribution in [0.25, 0.3) is 0 Å². The van der Waals surface area contributed by atoms with Gasteiger partial charge in [0, 0.05) is 24.5 Å². The van der Waals surface area contributed by atoms with Crippen LogP contribution in [-0.4, -0.2) is 37.1 Å². The third kappa shape index (κ3) is 2.79. The Balaban J connectivity index is 1.79. The Bertz CT molecular complexity index is 748. The van der Waals surface area contributed by atoms with E-state index in [9.17, 15) is 9.59 Å². The van der Waals surface area contributed by atoms with Crippen LogP contribution in [-0.2, 0) is 11.3 Å². The van der Waals surface area contributed by atoms with Gasteiger partial charge in [0.1, 0.15) is 12.4 Å². The highest BCUT2D eigenvalue weighted by Crippen LogP contribution is 2.30. The minimum atomic E-state index is -0.261. The lowest BCUT2D eigenvalue weighted by atomic mass is 10.2. The van der Waals surface area contributed by atoms with Crippen molar-refractivity contribution in [2.45, 2.75) is 39.3 Å². The maximum Gasteiger partial charge on any atom is 0.267 e. The van der Waals surface area contributed by atoms with E-state index in [1.807, 2.05) is 6.92 Å². The summed E-state index contributed by atoms with van der Waals surface area (Å²) >= 11 is 0. The summed E-state index contributed by atoms with van der Waals surface area (Å²) in [5.41, 5.74) is 1.43. The number of hydrogen-bond donors (Lipinski definition) is 1. The number of aryl methyl sites for hydroxylation is 2. The van der Waals surface area contributed by atoms with Gasteiger partial charge in [-0.3, -0.25) is 9.59 Å². The molecular formula is C15H19N5O2. The van der Waals surface area contributed by atoms with Gasteiger partial charge in [0.05, 0.1) is 11.7 Å². The van der Waals surface area contributed by atoms with Crippen LogP contribution in [0.1, 0.15) is 36.1 Å². The summed E-state index contributed by atoms with van der Waals surface area (Å²) in [7, 11) is 0. The minimum Gasteiger partial charge on any atom is -0.344 e. The number of nitrogens with zero attached hydrogens (tertiary/aromatic N) is 4. The van der Waals surface area contributed by atoms with Crippen molar-refractivity contribution in [1.29, 1.82) is 0 Å². The molecule has 1 atom stereocenters. The van der Waals surface area contributed by atoms with Crippen molar-refractivity contribution in [1.82, 2.24) is 24.6 Å². The van der Waals surface area contributed by atoms with Gasteiger partial charge < -0.3 is 9.88 Å². The van der Waals surface area contributed by atoms with Crippen LogP contribution >= 0.6 is 0 Å². The largest absolute Gasteiger partial charge is 0.344 e. The normalized spacial score (nSPS) is 17.9. The lowest BCUT2D eigenvalue weighted by Gasteiger charge is -2.23. The molecule has 1 fully saturated rings. The molecule has 1 saturated heterocycles. The van der Waals surface area contributed by atoms with Gasteiger partial charge in [0.15, 0.2) is 0 Å². The predicted molar refractivity (Wildman–Crippen MR) is 80.2 cm³/mol. The van der Waals surface area contributed by atoms with E-state index in [0.29, 0.717) is 12.2 Å². The number of aromatic nitrogens is 4. The Labute approximate surface area is 128 Å². The van der Waals surface area contributed by atoms with Gasteiger partial charge in [-0.1, -0.05) is 0 Å². The molecule has 1 unspecified atom stereocenters. The van der Waals surface area contributed by atoms with Crippen molar-refractivity contribution in [3.63, 3.8) is 0 Å². The molecule has 7 nitrogen and oxygen atoms in total. The molecule has 116 valence electrons. The Morgan fingerprint density at radius 2 is 2.23 bits per heavy atom. The second-order valence-electron chi connectivity index (χ2n) is 5.67. The number of imidazole rings is 1. The number of H-pyrrole nitrogens is 1. The van der Waals surface area contributed by atoms with E-state index in [0.717, 1.165) is 24.4 Å². The van der Waals surface area contributed by atoms with E-state index in [1.165, 1.54) is 10.7 Å². The highest BCUT2D eigenvalue weighted by atomic mass is 16.2. The molecule has 3 rings (SSSR count). The highest BCUT2D eigenvalue weighted by Gasteiger charge is 2.32. The van der Waals surface area contributed by atoms with E-state index >= 15 is 0 Å². The second kappa shape index (κ2) is 5.75. The molecule has 0 bridgehead atoms. The molecule has 22 heavy (non-hydrogen) atoms. The molecule has 0 aromatic carbocycles. The average Bonchev–Trinajstić information content (AvgIpc) is 3.11. The van der Waals surface area contributed by atoms with Crippen LogP contribution < -0.4 is 5.56 Å². The molecule has 2 aromatic rings. The Morgan fingerprint density at radius 3 is 2.95 bits per heavy atom. The van der Waals surface area contributed by atoms with Gasteiger partial charge in [-0.25, -0.2) is 9.67 Å². The number of aromatic amines is 1. The zero-order chi connectivity index (χ0) is 15.7. The molecule has 7 heteroatoms. The van der Waals surface area contributed by atoms with E-state index in [2.05, 4.69) is 15.1 Å². The predicted octanol–water partition coefficient (Wildman–Crippen LogP) is 0.947. The summed E-state index contributed by atoms with van der Waals surface area (Å²) in [6, 6.07) is 3.04. The van der Waals surface area contributed by atoms with Gasteiger partial charge in [0.25, 0.3) is 5.56 Å². The van der Waals surface area contributed by atoms with Gasteiger partial charge in [-0.15, -0.1) is 0 Å². The molecular weight excluding hydrogens is 282 g/mol. The average molecular weight is 301 g/mol. The van der Waals surface area contributed by atoms with Gasteiger partial charge >= 0.3 is 0 Å². The van der Waals surface area contributed by atoms with Crippen molar-refractivity contribution in [2.24, 2.45) is 0 Å². The van der Waals surface area contributed by atoms with Crippen molar-refractivity contribution >= 4 is 5.91 Å². The Hall–Kier alpha value is -2.44. The first kappa shape index (κ1) is 14.5. The summed E-state index contributed by atoms with van der Waals surface area (Å²) in [5.74, 6) is 0.713. The Morgan fingerprint density at radius 1 is 1.41 bits per heavy atom. The Kier molecular flexibility index (Phi) is 3.79. The smallest absolute Gasteiger partial charge is 0.267 e. The zero-order valence-corrected chi connectivity index (χ0v) is 12.7. The van der Waals surface area contributed by atoms with E-state index in [1.54, 1.807) is 24.1 Å². The fourth-order valence-corrected chi connectivity index (χ4v) is 2.83. The summed E-state index contributed by atoms with van der Waals surface area (Å²) in [4.78, 5) is 33.7. The van der Waals surface area contributed by atoms with E-state index in [4.69, 9.17) is 0 Å². The molecule has 0 radical (unpaired) electrons. The van der Waals surface area contributed by atoms with Crippen molar-refractivity contribution in [2.75, 3.05) is 6.54 Å². The summed E-state index contributed by atoms with van der Waals surface area (Å²) in [6.45, 7) is 4.39. The third-order valence-electron chi connectivity index (χ3n) is 3.90. The minimum absolute atomic E-state index is 0.0310. The number of carbonyl (C=O) groups excluding carboxylic acids is 1. The number of amides is 1. The molecule has 3 heterocycles. The standard InChI is InChI=1S/C15H19N5O2/c1-10-5-6-13(21)20(18-10)9-14(22)19-7-3-4-12(19)15-16-8-11(2)17-15/h5-6,8,12H,3-4,7,9H2,1-2H3,(H,16,17). The van der Waals surface area contributed by atoms with Gasteiger partial charge in [-0.05, 0) is 32.8 Å².